The van der Waals surface area contributed by atoms with Gasteiger partial charge in [0.05, 0.1) is 59.4 Å². The van der Waals surface area contributed by atoms with E-state index in [2.05, 4.69) is 71.7 Å². The molecule has 22 nitrogen and oxygen atoms in total. The minimum Gasteiger partial charge on any atom is -0.443 e. The predicted octanol–water partition coefficient (Wildman–Crippen LogP) is 14.7. The van der Waals surface area contributed by atoms with Crippen molar-refractivity contribution in [1.29, 1.82) is 10.8 Å². The lowest BCUT2D eigenvalue weighted by atomic mass is 9.49. The van der Waals surface area contributed by atoms with Gasteiger partial charge in [0.1, 0.15) is 33.4 Å². The third-order valence-corrected chi connectivity index (χ3v) is 19.6. The van der Waals surface area contributed by atoms with Gasteiger partial charge >= 0.3 is 21.1 Å². The number of rotatable bonds is 7. The monoisotopic (exact) mass is 1480 g/mol. The number of halogens is 6. The molecule has 94 heavy (non-hydrogen) atoms. The van der Waals surface area contributed by atoms with Crippen LogP contribution in [0, 0.1) is 10.8 Å². The Morgan fingerprint density at radius 2 is 0.862 bits per heavy atom. The molecule has 0 radical (unpaired) electrons. The zero-order valence-corrected chi connectivity index (χ0v) is 59.4. The van der Waals surface area contributed by atoms with E-state index in [0.717, 1.165) is 54.3 Å². The van der Waals surface area contributed by atoms with Crippen LogP contribution >= 0.6 is 78.3 Å². The van der Waals surface area contributed by atoms with Crippen LogP contribution in [0.2, 0.25) is 20.1 Å². The summed E-state index contributed by atoms with van der Waals surface area (Å²) in [5.41, 5.74) is 8.55. The van der Waals surface area contributed by atoms with Gasteiger partial charge in [-0.05, 0) is 177 Å². The number of H-pyrrole nitrogens is 2. The number of nitrogens with one attached hydrogen (secondary N) is 4. The number of imidazole rings is 2. The van der Waals surface area contributed by atoms with Crippen LogP contribution in [0.25, 0.3) is 67.0 Å². The second-order valence-corrected chi connectivity index (χ2v) is 28.6. The lowest BCUT2D eigenvalue weighted by Gasteiger charge is -2.32. The van der Waals surface area contributed by atoms with Gasteiger partial charge in [-0.1, -0.05) is 80.5 Å². The molecule has 3 aliphatic heterocycles. The highest BCUT2D eigenvalue weighted by Gasteiger charge is 2.64. The first kappa shape index (κ1) is 68.7. The largest absolute Gasteiger partial charge is 0.494 e. The van der Waals surface area contributed by atoms with Crippen molar-refractivity contribution in [3.63, 3.8) is 0 Å². The fraction of sp³-hybridized carbons (Fsp3) is 0.317. The SMILES string of the molecule is Brc1ccc2ocnc2c1.CC1(C)OB(B2OC(C)(C)C(C)(C)O2)OC1(C)C.CC1(C)OB(c2ccc3ocnc3c2)OC1(C)C.N=c1ncn(Cc2c(Cl)cccc2Cl)c2nc(-c3ccc4ocnc4c3)[nH]c12.N=c1ncn(Cc2c(Cl)cccc2Cl)c2nc(Br)[nH]c12. The molecule has 0 unspecified atom stereocenters. The molecule has 10 heterocycles. The molecule has 0 amide bonds. The summed E-state index contributed by atoms with van der Waals surface area (Å²) >= 11 is 31.6. The van der Waals surface area contributed by atoms with Crippen molar-refractivity contribution >= 4 is 160 Å². The van der Waals surface area contributed by atoms with Crippen LogP contribution in [0.1, 0.15) is 94.2 Å². The van der Waals surface area contributed by atoms with Gasteiger partial charge in [0, 0.05) is 41.3 Å². The average molecular weight is 1480 g/mol. The van der Waals surface area contributed by atoms with E-state index >= 15 is 0 Å². The van der Waals surface area contributed by atoms with E-state index < -0.39 is 14.0 Å². The minimum atomic E-state index is -0.476. The molecular formula is C63H64B3Br2Cl4N13O9. The van der Waals surface area contributed by atoms with Crippen LogP contribution in [0.3, 0.4) is 0 Å². The molecule has 3 aliphatic rings. The fourth-order valence-corrected chi connectivity index (χ4v) is 11.6. The molecule has 0 saturated carbocycles. The number of aromatic nitrogens is 11. The molecule has 0 aliphatic carbocycles. The van der Waals surface area contributed by atoms with Gasteiger partial charge in [-0.3, -0.25) is 10.8 Å². The van der Waals surface area contributed by atoms with Crippen molar-refractivity contribution in [3.05, 3.63) is 174 Å². The summed E-state index contributed by atoms with van der Waals surface area (Å²) in [4.78, 5) is 35.6. The van der Waals surface area contributed by atoms with Crippen LogP contribution in [0.15, 0.2) is 145 Å². The topological polar surface area (TPSA) is 274 Å². The van der Waals surface area contributed by atoms with E-state index in [-0.39, 0.29) is 51.7 Å². The highest BCUT2D eigenvalue weighted by Crippen LogP contribution is 2.43. The number of hydrogen-bond donors (Lipinski definition) is 4. The van der Waals surface area contributed by atoms with Crippen LogP contribution < -0.4 is 16.4 Å². The third kappa shape index (κ3) is 14.4. The van der Waals surface area contributed by atoms with Gasteiger partial charge in [-0.25, -0.2) is 34.9 Å². The molecule has 12 aromatic rings. The molecular weight excluding hydrogens is 1420 g/mol. The predicted molar refractivity (Wildman–Crippen MR) is 371 cm³/mol. The van der Waals surface area contributed by atoms with E-state index in [1.165, 1.54) is 19.2 Å². The van der Waals surface area contributed by atoms with Crippen LogP contribution in [-0.4, -0.2) is 109 Å². The van der Waals surface area contributed by atoms with Gasteiger partial charge < -0.3 is 60.3 Å². The minimum absolute atomic E-state index is 0.109. The Hall–Kier alpha value is -6.72. The van der Waals surface area contributed by atoms with Crippen LogP contribution in [0.5, 0.6) is 0 Å². The van der Waals surface area contributed by atoms with Gasteiger partial charge in [-0.2, -0.15) is 0 Å². The summed E-state index contributed by atoms with van der Waals surface area (Å²) in [6.45, 7) is 25.2. The fourth-order valence-electron chi connectivity index (χ4n) is 9.85. The maximum absolute atomic E-state index is 8.13. The second kappa shape index (κ2) is 26.7. The lowest BCUT2D eigenvalue weighted by Crippen LogP contribution is -2.41. The Morgan fingerprint density at radius 3 is 1.33 bits per heavy atom. The maximum Gasteiger partial charge on any atom is 0.494 e. The van der Waals surface area contributed by atoms with Gasteiger partial charge in [-0.15, -0.1) is 0 Å². The Bertz CT molecular complexity index is 4780. The normalized spacial score (nSPS) is 17.2. The van der Waals surface area contributed by atoms with Crippen molar-refractivity contribution < 1.29 is 41.2 Å². The van der Waals surface area contributed by atoms with Crippen LogP contribution in [0.4, 0.5) is 0 Å². The molecule has 0 spiro atoms. The third-order valence-electron chi connectivity index (χ3n) is 17.3. The van der Waals surface area contributed by atoms with Gasteiger partial charge in [0.2, 0.25) is 0 Å². The first-order chi connectivity index (χ1) is 44.3. The summed E-state index contributed by atoms with van der Waals surface area (Å²) in [7, 11) is -1.30. The Labute approximate surface area is 577 Å². The van der Waals surface area contributed by atoms with Crippen molar-refractivity contribution in [2.45, 2.75) is 130 Å². The standard InChI is InChI=1S/C19H12Cl2N6O.C13H16BNO3.C12H24B2O4.C12H8BrCl2N5.C7H4BrNO/c20-12-2-1-3-13(21)11(12)7-27-8-23-17(22)16-19(27)26-18(25-16)10-4-5-15-14(6-10)24-9-28-15;1-12(2)13(3,4)18-14(17-12)9-5-6-11-10(7-9)15-8-16-11;1-9(2)10(3,4)16-13(15-9)14-17-11(5,6)12(7,8)18-14;13-12-18-9-10(16)17-5-20(11(9)19-12)4-6-7(14)2-1-3-8(6)15;8-5-1-2-7-6(3-5)9-4-10-7/h1-6,8-9,22H,7H2,(H,25,26);5-8H,1-4H3;1-8H3;1-3,5,16H,4H2,(H,18,19);1-4H. The van der Waals surface area contributed by atoms with E-state index in [1.54, 1.807) is 53.6 Å². The highest BCUT2D eigenvalue weighted by molar-refractivity contribution is 9.10. The van der Waals surface area contributed by atoms with Gasteiger partial charge in [0.15, 0.2) is 62.9 Å². The van der Waals surface area contributed by atoms with Crippen molar-refractivity contribution in [2.24, 2.45) is 0 Å². The smallest absolute Gasteiger partial charge is 0.443 e. The number of nitrogens with zero attached hydrogens (tertiary/aromatic N) is 9. The summed E-state index contributed by atoms with van der Waals surface area (Å²) in [6.07, 6.45) is 7.41. The molecule has 3 fully saturated rings. The molecule has 4 N–H and O–H groups in total. The Morgan fingerprint density at radius 1 is 0.468 bits per heavy atom. The number of oxazole rings is 3. The van der Waals surface area contributed by atoms with E-state index in [9.17, 15) is 0 Å². The number of aromatic amines is 2. The Kier molecular flexibility index (Phi) is 19.5. The quantitative estimate of drug-likeness (QED) is 0.0853. The van der Waals surface area contributed by atoms with Crippen molar-refractivity contribution in [2.75, 3.05) is 0 Å². The maximum atomic E-state index is 8.13. The molecule has 3 saturated heterocycles. The van der Waals surface area contributed by atoms with E-state index in [0.29, 0.717) is 71.6 Å². The zero-order chi connectivity index (χ0) is 67.5. The molecule has 7 aromatic heterocycles. The first-order valence-corrected chi connectivity index (χ1v) is 32.6. The zero-order valence-electron chi connectivity index (χ0n) is 53.2. The second-order valence-electron chi connectivity index (χ2n) is 25.3. The molecule has 5 aromatic carbocycles. The summed E-state index contributed by atoms with van der Waals surface area (Å²) in [5.74, 6) is 0.611. The molecule has 0 atom stereocenters. The number of hydrogen-bond acceptors (Lipinski definition) is 18. The highest BCUT2D eigenvalue weighted by atomic mass is 79.9. The number of fused-ring (bicyclic) bond motifs is 5. The van der Waals surface area contributed by atoms with Crippen molar-refractivity contribution in [3.8, 4) is 11.4 Å². The summed E-state index contributed by atoms with van der Waals surface area (Å²) in [5, 5.41) is 18.2. The molecule has 0 bridgehead atoms. The van der Waals surface area contributed by atoms with E-state index in [4.69, 9.17) is 103 Å². The molecule has 31 heteroatoms. The van der Waals surface area contributed by atoms with Crippen molar-refractivity contribution in [1.82, 2.24) is 54.0 Å². The number of benzene rings is 5. The lowest BCUT2D eigenvalue weighted by molar-refractivity contribution is 0.00578. The van der Waals surface area contributed by atoms with Gasteiger partial charge in [0.25, 0.3) is 0 Å². The first-order valence-electron chi connectivity index (χ1n) is 29.5. The summed E-state index contributed by atoms with van der Waals surface area (Å²) < 4.78 is 56.6. The Balaban J connectivity index is 0.000000124. The van der Waals surface area contributed by atoms with Crippen LogP contribution in [-0.2, 0) is 41.0 Å². The summed E-state index contributed by atoms with van der Waals surface area (Å²) in [6, 6.07) is 27.9. The average Bonchev–Trinajstić information content (AvgIpc) is 1.61. The molecule has 15 rings (SSSR count). The van der Waals surface area contributed by atoms with E-state index in [1.807, 2.05) is 142 Å². The molecule has 486 valence electrons.